The molecule has 0 saturated carbocycles. The molecular formula is C40H38Cl2N6O5. The van der Waals surface area contributed by atoms with Crippen LogP contribution in [0.1, 0.15) is 57.8 Å². The lowest BCUT2D eigenvalue weighted by atomic mass is 9.84. The van der Waals surface area contributed by atoms with Crippen LogP contribution in [0.3, 0.4) is 0 Å². The Kier molecular flexibility index (Phi) is 9.65. The van der Waals surface area contributed by atoms with Crippen LogP contribution in [0.2, 0.25) is 10.0 Å². The van der Waals surface area contributed by atoms with Gasteiger partial charge >= 0.3 is 6.09 Å². The predicted octanol–water partition coefficient (Wildman–Crippen LogP) is 7.33. The number of aromatic nitrogens is 3. The molecule has 272 valence electrons. The van der Waals surface area contributed by atoms with Crippen molar-refractivity contribution in [3.05, 3.63) is 117 Å². The maximum Gasteiger partial charge on any atom is 0.407 e. The quantitative estimate of drug-likeness (QED) is 0.177. The number of rotatable bonds is 7. The van der Waals surface area contributed by atoms with Gasteiger partial charge in [0.25, 0.3) is 5.91 Å². The van der Waals surface area contributed by atoms with Crippen molar-refractivity contribution < 1.29 is 24.2 Å². The summed E-state index contributed by atoms with van der Waals surface area (Å²) in [6.45, 7) is 4.49. The fraction of sp³-hybridized carbons (Fsp3) is 0.275. The normalized spacial score (nSPS) is 16.4. The minimum atomic E-state index is -1.02. The number of carboxylic acid groups (broad SMARTS) is 1. The van der Waals surface area contributed by atoms with Crippen LogP contribution in [0.15, 0.2) is 79.1 Å². The van der Waals surface area contributed by atoms with Crippen molar-refractivity contribution in [3.8, 4) is 33.8 Å². The van der Waals surface area contributed by atoms with E-state index in [9.17, 15) is 14.7 Å². The molecule has 3 aromatic carbocycles. The van der Waals surface area contributed by atoms with Crippen molar-refractivity contribution in [2.45, 2.75) is 51.1 Å². The van der Waals surface area contributed by atoms with Crippen LogP contribution in [-0.2, 0) is 19.3 Å². The average Bonchev–Trinajstić information content (AvgIpc) is 3.47. The molecule has 1 aliphatic carbocycles. The van der Waals surface area contributed by atoms with Crippen LogP contribution in [0.4, 0.5) is 4.79 Å². The highest BCUT2D eigenvalue weighted by molar-refractivity contribution is 6.34. The van der Waals surface area contributed by atoms with Crippen LogP contribution in [0.5, 0.6) is 5.75 Å². The Morgan fingerprint density at radius 1 is 0.962 bits per heavy atom. The van der Waals surface area contributed by atoms with Gasteiger partial charge in [0.15, 0.2) is 5.69 Å². The van der Waals surface area contributed by atoms with Gasteiger partial charge in [0.05, 0.1) is 35.6 Å². The van der Waals surface area contributed by atoms with E-state index in [-0.39, 0.29) is 23.7 Å². The third-order valence-corrected chi connectivity index (χ3v) is 10.8. The Balaban J connectivity index is 1.40. The zero-order valence-electron chi connectivity index (χ0n) is 29.5. The number of benzene rings is 3. The van der Waals surface area contributed by atoms with Gasteiger partial charge in [-0.15, -0.1) is 0 Å². The van der Waals surface area contributed by atoms with E-state index in [1.54, 1.807) is 47.2 Å². The van der Waals surface area contributed by atoms with Gasteiger partial charge in [0.2, 0.25) is 5.91 Å². The van der Waals surface area contributed by atoms with Crippen molar-refractivity contribution in [1.29, 1.82) is 0 Å². The molecule has 1 atom stereocenters. The molecule has 53 heavy (non-hydrogen) atoms. The van der Waals surface area contributed by atoms with Gasteiger partial charge in [-0.25, -0.2) is 9.48 Å². The van der Waals surface area contributed by atoms with E-state index in [4.69, 9.17) is 38.8 Å². The molecule has 1 fully saturated rings. The van der Waals surface area contributed by atoms with Gasteiger partial charge in [-0.2, -0.15) is 5.10 Å². The Morgan fingerprint density at radius 2 is 1.70 bits per heavy atom. The highest BCUT2D eigenvalue weighted by atomic mass is 35.5. The van der Waals surface area contributed by atoms with Gasteiger partial charge in [0.1, 0.15) is 5.75 Å². The standard InChI is InChI=1S/C40H38Cl2N6O5/c1-40(2)34(14-23-8-5-4-6-9-23)46(39(51)52)12-7-13-47(40)38(50)35-30-11-10-24-16-33(53-3)31(25-15-26(37(43)49)22-44-21-25)20-32(24)36(30)48(45-35)29-18-27(41)17-28(42)19-29/h4-6,8-9,15-22,34H,7,10-14H2,1-3H3,(H2,43,49)(H,51,52). The van der Waals surface area contributed by atoms with E-state index in [0.29, 0.717) is 70.5 Å². The largest absolute Gasteiger partial charge is 0.496 e. The van der Waals surface area contributed by atoms with Gasteiger partial charge in [-0.1, -0.05) is 53.5 Å². The Morgan fingerprint density at radius 3 is 2.38 bits per heavy atom. The van der Waals surface area contributed by atoms with Gasteiger partial charge < -0.3 is 25.4 Å². The maximum atomic E-state index is 15.1. The number of hydrogen-bond donors (Lipinski definition) is 2. The summed E-state index contributed by atoms with van der Waals surface area (Å²) in [5.74, 6) is -0.312. The lowest BCUT2D eigenvalue weighted by Gasteiger charge is -2.45. The zero-order valence-corrected chi connectivity index (χ0v) is 31.0. The van der Waals surface area contributed by atoms with E-state index >= 15 is 4.79 Å². The summed E-state index contributed by atoms with van der Waals surface area (Å²) in [4.78, 5) is 47.3. The summed E-state index contributed by atoms with van der Waals surface area (Å²) < 4.78 is 7.54. The first-order valence-corrected chi connectivity index (χ1v) is 18.0. The van der Waals surface area contributed by atoms with Gasteiger partial charge in [-0.3, -0.25) is 14.6 Å². The molecule has 11 nitrogen and oxygen atoms in total. The number of hydrogen-bond acceptors (Lipinski definition) is 6. The molecule has 0 spiro atoms. The summed E-state index contributed by atoms with van der Waals surface area (Å²) in [6, 6.07) is 19.9. The number of carbonyl (C=O) groups excluding carboxylic acids is 2. The molecule has 13 heteroatoms. The third kappa shape index (κ3) is 6.71. The average molecular weight is 754 g/mol. The van der Waals surface area contributed by atoms with E-state index in [1.807, 2.05) is 56.3 Å². The topological polar surface area (TPSA) is 144 Å². The van der Waals surface area contributed by atoms with Gasteiger partial charge in [-0.05, 0) is 87.1 Å². The molecule has 1 saturated heterocycles. The van der Waals surface area contributed by atoms with Crippen molar-refractivity contribution in [2.24, 2.45) is 5.73 Å². The molecule has 0 radical (unpaired) electrons. The number of methoxy groups -OCH3 is 1. The van der Waals surface area contributed by atoms with E-state index in [0.717, 1.165) is 22.3 Å². The first-order valence-electron chi connectivity index (χ1n) is 17.3. The van der Waals surface area contributed by atoms with Crippen molar-refractivity contribution in [1.82, 2.24) is 24.6 Å². The highest BCUT2D eigenvalue weighted by Gasteiger charge is 2.46. The van der Waals surface area contributed by atoms with E-state index in [2.05, 4.69) is 4.98 Å². The number of pyridine rings is 1. The van der Waals surface area contributed by atoms with Crippen molar-refractivity contribution in [3.63, 3.8) is 0 Å². The number of carbonyl (C=O) groups is 3. The predicted molar refractivity (Wildman–Crippen MR) is 203 cm³/mol. The number of nitrogens with zero attached hydrogens (tertiary/aromatic N) is 5. The molecule has 3 heterocycles. The zero-order chi connectivity index (χ0) is 37.6. The monoisotopic (exact) mass is 752 g/mol. The van der Waals surface area contributed by atoms with Crippen molar-refractivity contribution >= 4 is 41.1 Å². The number of halogens is 2. The molecule has 3 N–H and O–H groups in total. The molecule has 7 rings (SSSR count). The lowest BCUT2D eigenvalue weighted by molar-refractivity contribution is 0.0333. The summed E-state index contributed by atoms with van der Waals surface area (Å²) in [6.07, 6.45) is 4.01. The van der Waals surface area contributed by atoms with Crippen LogP contribution >= 0.6 is 23.2 Å². The maximum absolute atomic E-state index is 15.1. The summed E-state index contributed by atoms with van der Waals surface area (Å²) in [5.41, 5.74) is 11.3. The molecule has 3 amide bonds. The molecule has 5 aromatic rings. The summed E-state index contributed by atoms with van der Waals surface area (Å²) >= 11 is 13.0. The highest BCUT2D eigenvalue weighted by Crippen LogP contribution is 2.44. The van der Waals surface area contributed by atoms with Crippen LogP contribution in [-0.4, -0.2) is 79.4 Å². The molecule has 1 aliphatic heterocycles. The van der Waals surface area contributed by atoms with Crippen LogP contribution < -0.4 is 10.5 Å². The second-order valence-electron chi connectivity index (χ2n) is 13.9. The molecule has 2 aromatic heterocycles. The summed E-state index contributed by atoms with van der Waals surface area (Å²) in [5, 5.41) is 16.2. The minimum Gasteiger partial charge on any atom is -0.496 e. The van der Waals surface area contributed by atoms with Crippen LogP contribution in [0.25, 0.3) is 28.1 Å². The van der Waals surface area contributed by atoms with E-state index in [1.165, 1.54) is 11.1 Å². The number of aryl methyl sites for hydroxylation is 1. The molecule has 2 aliphatic rings. The molecule has 0 bridgehead atoms. The lowest BCUT2D eigenvalue weighted by Crippen LogP contribution is -2.60. The second kappa shape index (κ2) is 14.2. The smallest absolute Gasteiger partial charge is 0.407 e. The SMILES string of the molecule is COc1cc2c(cc1-c1cncc(C(N)=O)c1)-c1c(c(C(=O)N3CCCN(C(=O)O)C(Cc4ccccc4)C3(C)C)nn1-c1cc(Cl)cc(Cl)c1)CC2. The molecule has 1 unspecified atom stereocenters. The first kappa shape index (κ1) is 36.0. The summed E-state index contributed by atoms with van der Waals surface area (Å²) in [7, 11) is 1.58. The van der Waals surface area contributed by atoms with Gasteiger partial charge in [0, 0.05) is 57.8 Å². The number of primary amides is 1. The number of ether oxygens (including phenoxy) is 1. The first-order chi connectivity index (χ1) is 25.4. The fourth-order valence-corrected chi connectivity index (χ4v) is 8.25. The van der Waals surface area contributed by atoms with E-state index < -0.39 is 23.6 Å². The third-order valence-electron chi connectivity index (χ3n) is 10.4. The number of fused-ring (bicyclic) bond motifs is 3. The Bertz CT molecular complexity index is 2240. The Labute approximate surface area is 316 Å². The molecular weight excluding hydrogens is 715 g/mol. The van der Waals surface area contributed by atoms with Crippen molar-refractivity contribution in [2.75, 3.05) is 20.2 Å². The second-order valence-corrected chi connectivity index (χ2v) is 14.8. The number of nitrogens with two attached hydrogens (primary N) is 1. The van der Waals surface area contributed by atoms with Crippen LogP contribution in [0, 0.1) is 0 Å². The fourth-order valence-electron chi connectivity index (χ4n) is 7.73. The minimum absolute atomic E-state index is 0.251. The number of amides is 3. The Hall–Kier alpha value is -5.39.